The lowest BCUT2D eigenvalue weighted by molar-refractivity contribution is -0.171. The Morgan fingerprint density at radius 1 is 1.06 bits per heavy atom. The average molecular weight is 469 g/mol. The number of nitrogens with two attached hydrogens (primary N) is 1. The molecule has 176 valence electrons. The van der Waals surface area contributed by atoms with E-state index >= 15 is 0 Å². The number of amides is 2. The first kappa shape index (κ1) is 23.5. The maximum absolute atomic E-state index is 13.1. The second-order valence-corrected chi connectivity index (χ2v) is 10.5. The van der Waals surface area contributed by atoms with Crippen molar-refractivity contribution >= 4 is 29.1 Å². The zero-order chi connectivity index (χ0) is 23.6. The Hall–Kier alpha value is -2.67. The maximum Gasteiger partial charge on any atom is 0.310 e. The van der Waals surface area contributed by atoms with Gasteiger partial charge in [-0.1, -0.05) is 38.1 Å². The van der Waals surface area contributed by atoms with Crippen LogP contribution < -0.4 is 5.73 Å². The molecule has 0 unspecified atom stereocenters. The van der Waals surface area contributed by atoms with Crippen LogP contribution in [0.15, 0.2) is 36.4 Å². The van der Waals surface area contributed by atoms with E-state index in [-0.39, 0.29) is 17.8 Å². The molecular weight excluding hydrogens is 436 g/mol. The van der Waals surface area contributed by atoms with Gasteiger partial charge < -0.3 is 15.4 Å². The molecule has 1 aromatic heterocycles. The third-order valence-corrected chi connectivity index (χ3v) is 8.04. The average Bonchev–Trinajstić information content (AvgIpc) is 3.49. The van der Waals surface area contributed by atoms with Gasteiger partial charge in [-0.25, -0.2) is 0 Å². The molecule has 0 bridgehead atoms. The summed E-state index contributed by atoms with van der Waals surface area (Å²) in [4.78, 5) is 41.4. The highest BCUT2D eigenvalue weighted by Gasteiger charge is 2.45. The predicted molar refractivity (Wildman–Crippen MR) is 129 cm³/mol. The number of nitrogens with zero attached hydrogens (tertiary/aromatic N) is 1. The number of hydrogen-bond donors (Lipinski definition) is 1. The number of carbonyl (C=O) groups is 3. The Morgan fingerprint density at radius 3 is 2.36 bits per heavy atom. The highest BCUT2D eigenvalue weighted by atomic mass is 32.1. The molecule has 1 aromatic carbocycles. The molecule has 2 N–H and O–H groups in total. The lowest BCUT2D eigenvalue weighted by Gasteiger charge is -2.33. The molecule has 6 nitrogen and oxygen atoms in total. The van der Waals surface area contributed by atoms with Gasteiger partial charge >= 0.3 is 5.97 Å². The highest BCUT2D eigenvalue weighted by molar-refractivity contribution is 7.17. The molecule has 7 heteroatoms. The van der Waals surface area contributed by atoms with Gasteiger partial charge in [0.05, 0.1) is 10.8 Å². The van der Waals surface area contributed by atoms with Crippen molar-refractivity contribution in [3.63, 3.8) is 0 Å². The van der Waals surface area contributed by atoms with Gasteiger partial charge in [-0.05, 0) is 67.7 Å². The van der Waals surface area contributed by atoms with Crippen LogP contribution in [0.1, 0.15) is 73.5 Å². The summed E-state index contributed by atoms with van der Waals surface area (Å²) in [5.74, 6) is -0.800. The van der Waals surface area contributed by atoms with Gasteiger partial charge in [-0.2, -0.15) is 0 Å². The Balaban J connectivity index is 1.38. The van der Waals surface area contributed by atoms with Crippen molar-refractivity contribution in [2.75, 3.05) is 13.1 Å². The van der Waals surface area contributed by atoms with E-state index in [2.05, 4.69) is 26.0 Å². The molecule has 0 atom stereocenters. The number of hydrogen-bond acceptors (Lipinski definition) is 5. The number of piperidine rings is 1. The van der Waals surface area contributed by atoms with Crippen molar-refractivity contribution in [3.8, 4) is 10.4 Å². The van der Waals surface area contributed by atoms with E-state index in [9.17, 15) is 14.4 Å². The summed E-state index contributed by atoms with van der Waals surface area (Å²) in [5.41, 5.74) is 6.85. The van der Waals surface area contributed by atoms with Crippen molar-refractivity contribution < 1.29 is 19.1 Å². The van der Waals surface area contributed by atoms with E-state index < -0.39 is 11.5 Å². The molecule has 1 aliphatic carbocycles. The fraction of sp³-hybridized carbons (Fsp3) is 0.500. The Bertz CT molecular complexity index is 1030. The largest absolute Gasteiger partial charge is 0.449 e. The highest BCUT2D eigenvalue weighted by Crippen LogP contribution is 2.36. The van der Waals surface area contributed by atoms with Crippen LogP contribution in [0.25, 0.3) is 10.4 Å². The minimum atomic E-state index is -1.14. The standard InChI is InChI=1S/C26H32N2O4S/c1-17(2)19-7-3-4-8-20(19)21-9-10-22(33-21)23(29)28-15-11-18(12-16-28)24(30)32-26(25(27)31)13-5-6-14-26/h3-4,7-10,17-18H,5-6,11-16H2,1-2H3,(H2,27,31). The van der Waals surface area contributed by atoms with Gasteiger partial charge in [0, 0.05) is 18.0 Å². The molecule has 0 spiro atoms. The fourth-order valence-corrected chi connectivity index (χ4v) is 5.94. The molecule has 0 radical (unpaired) electrons. The number of rotatable bonds is 6. The second-order valence-electron chi connectivity index (χ2n) is 9.46. The number of thiophene rings is 1. The lowest BCUT2D eigenvalue weighted by atomic mass is 9.95. The number of benzene rings is 1. The molecule has 4 rings (SSSR count). The number of likely N-dealkylation sites (tertiary alicyclic amines) is 1. The smallest absolute Gasteiger partial charge is 0.310 e. The van der Waals surface area contributed by atoms with E-state index in [1.165, 1.54) is 22.5 Å². The Morgan fingerprint density at radius 2 is 1.73 bits per heavy atom. The van der Waals surface area contributed by atoms with Crippen molar-refractivity contribution in [1.82, 2.24) is 4.90 Å². The summed E-state index contributed by atoms with van der Waals surface area (Å²) in [7, 11) is 0. The third kappa shape index (κ3) is 4.83. The zero-order valence-electron chi connectivity index (χ0n) is 19.3. The molecule has 2 fully saturated rings. The van der Waals surface area contributed by atoms with Crippen LogP contribution in [-0.2, 0) is 14.3 Å². The third-order valence-electron chi connectivity index (χ3n) is 6.94. The van der Waals surface area contributed by atoms with Crippen molar-refractivity contribution in [3.05, 3.63) is 46.8 Å². The molecule has 2 aliphatic rings. The van der Waals surface area contributed by atoms with E-state index in [4.69, 9.17) is 10.5 Å². The van der Waals surface area contributed by atoms with E-state index in [0.29, 0.717) is 49.6 Å². The first-order chi connectivity index (χ1) is 15.8. The number of carbonyl (C=O) groups excluding carboxylic acids is 3. The van der Waals surface area contributed by atoms with Crippen LogP contribution in [0.2, 0.25) is 0 Å². The normalized spacial score (nSPS) is 18.5. The number of ether oxygens (including phenoxy) is 1. The zero-order valence-corrected chi connectivity index (χ0v) is 20.2. The summed E-state index contributed by atoms with van der Waals surface area (Å²) in [6.45, 7) is 5.34. The molecule has 2 amide bonds. The van der Waals surface area contributed by atoms with Gasteiger partial charge in [-0.3, -0.25) is 14.4 Å². The molecule has 1 saturated heterocycles. The monoisotopic (exact) mass is 468 g/mol. The minimum Gasteiger partial charge on any atom is -0.449 e. The quantitative estimate of drug-likeness (QED) is 0.621. The SMILES string of the molecule is CC(C)c1ccccc1-c1ccc(C(=O)N2CCC(C(=O)OC3(C(N)=O)CCCC3)CC2)s1. The van der Waals surface area contributed by atoms with Crippen LogP contribution in [0.3, 0.4) is 0 Å². The van der Waals surface area contributed by atoms with Crippen LogP contribution >= 0.6 is 11.3 Å². The van der Waals surface area contributed by atoms with Crippen molar-refractivity contribution in [2.45, 2.75) is 63.9 Å². The molecular formula is C26H32N2O4S. The predicted octanol–water partition coefficient (Wildman–Crippen LogP) is 4.73. The second kappa shape index (κ2) is 9.67. The summed E-state index contributed by atoms with van der Waals surface area (Å²) < 4.78 is 5.65. The Kier molecular flexibility index (Phi) is 6.88. The summed E-state index contributed by atoms with van der Waals surface area (Å²) in [6.07, 6.45) is 3.76. The van der Waals surface area contributed by atoms with Gasteiger partial charge in [0.15, 0.2) is 5.60 Å². The van der Waals surface area contributed by atoms with Crippen molar-refractivity contribution in [1.29, 1.82) is 0 Å². The molecule has 1 saturated carbocycles. The topological polar surface area (TPSA) is 89.7 Å². The summed E-state index contributed by atoms with van der Waals surface area (Å²) in [5, 5.41) is 0. The van der Waals surface area contributed by atoms with E-state index in [0.717, 1.165) is 17.7 Å². The van der Waals surface area contributed by atoms with Gasteiger partial charge in [-0.15, -0.1) is 11.3 Å². The molecule has 2 heterocycles. The van der Waals surface area contributed by atoms with Crippen LogP contribution in [0, 0.1) is 5.92 Å². The van der Waals surface area contributed by atoms with Gasteiger partial charge in [0.25, 0.3) is 11.8 Å². The lowest BCUT2D eigenvalue weighted by Crippen LogP contribution is -2.48. The molecule has 33 heavy (non-hydrogen) atoms. The van der Waals surface area contributed by atoms with Gasteiger partial charge in [0.2, 0.25) is 0 Å². The molecule has 1 aliphatic heterocycles. The van der Waals surface area contributed by atoms with Crippen molar-refractivity contribution in [2.24, 2.45) is 11.7 Å². The van der Waals surface area contributed by atoms with E-state index in [1.807, 2.05) is 29.2 Å². The molecule has 2 aromatic rings. The minimum absolute atomic E-state index is 0.00416. The maximum atomic E-state index is 13.1. The van der Waals surface area contributed by atoms with E-state index in [1.54, 1.807) is 0 Å². The summed E-state index contributed by atoms with van der Waals surface area (Å²) in [6, 6.07) is 12.2. The first-order valence-corrected chi connectivity index (χ1v) is 12.6. The first-order valence-electron chi connectivity index (χ1n) is 11.8. The van der Waals surface area contributed by atoms with Crippen LogP contribution in [-0.4, -0.2) is 41.4 Å². The van der Waals surface area contributed by atoms with Crippen LogP contribution in [0.5, 0.6) is 0 Å². The Labute approximate surface area is 199 Å². The van der Waals surface area contributed by atoms with Gasteiger partial charge in [0.1, 0.15) is 0 Å². The fourth-order valence-electron chi connectivity index (χ4n) is 4.92. The summed E-state index contributed by atoms with van der Waals surface area (Å²) >= 11 is 1.52. The number of esters is 1. The van der Waals surface area contributed by atoms with Crippen LogP contribution in [0.4, 0.5) is 0 Å². The number of primary amides is 1.